The average molecular weight is 247 g/mol. The van der Waals surface area contributed by atoms with E-state index in [9.17, 15) is 0 Å². The van der Waals surface area contributed by atoms with Crippen LogP contribution in [0.25, 0.3) is 10.8 Å². The Morgan fingerprint density at radius 3 is 2.26 bits per heavy atom. The van der Waals surface area contributed by atoms with Gasteiger partial charge in [0.25, 0.3) is 0 Å². The van der Waals surface area contributed by atoms with Gasteiger partial charge in [-0.2, -0.15) is 0 Å². The first-order valence-corrected chi connectivity index (χ1v) is 6.64. The van der Waals surface area contributed by atoms with Gasteiger partial charge in [0.2, 0.25) is 0 Å². The van der Waals surface area contributed by atoms with Crippen molar-refractivity contribution in [3.63, 3.8) is 0 Å². The third kappa shape index (κ3) is 2.45. The Morgan fingerprint density at radius 2 is 1.42 bits per heavy atom. The molecule has 94 valence electrons. The largest absolute Gasteiger partial charge is 0.398 e. The third-order valence-corrected chi connectivity index (χ3v) is 3.59. The fourth-order valence-electron chi connectivity index (χ4n) is 2.48. The van der Waals surface area contributed by atoms with Crippen molar-refractivity contribution in [1.82, 2.24) is 0 Å². The van der Waals surface area contributed by atoms with E-state index in [1.165, 1.54) is 16.5 Å². The van der Waals surface area contributed by atoms with Gasteiger partial charge in [-0.25, -0.2) is 0 Å². The van der Waals surface area contributed by atoms with Gasteiger partial charge in [-0.3, -0.25) is 0 Å². The molecule has 0 unspecified atom stereocenters. The van der Waals surface area contributed by atoms with Gasteiger partial charge in [0.05, 0.1) is 0 Å². The second kappa shape index (κ2) is 5.15. The van der Waals surface area contributed by atoms with E-state index in [0.29, 0.717) is 0 Å². The van der Waals surface area contributed by atoms with E-state index in [1.807, 2.05) is 18.2 Å². The van der Waals surface area contributed by atoms with Crippen LogP contribution in [-0.2, 0) is 12.8 Å². The Balaban J connectivity index is 1.87. The first-order valence-electron chi connectivity index (χ1n) is 6.64. The minimum absolute atomic E-state index is 0.925. The molecule has 0 aliphatic rings. The Labute approximate surface area is 113 Å². The average Bonchev–Trinajstić information content (AvgIpc) is 2.48. The van der Waals surface area contributed by atoms with Crippen LogP contribution in [0.4, 0.5) is 5.69 Å². The summed E-state index contributed by atoms with van der Waals surface area (Å²) in [7, 11) is 0. The normalized spacial score (nSPS) is 10.7. The maximum atomic E-state index is 6.28. The molecule has 0 saturated heterocycles. The van der Waals surface area contributed by atoms with Crippen LogP contribution in [-0.4, -0.2) is 0 Å². The van der Waals surface area contributed by atoms with Gasteiger partial charge in [-0.15, -0.1) is 0 Å². The Kier molecular flexibility index (Phi) is 3.20. The highest BCUT2D eigenvalue weighted by molar-refractivity contribution is 5.94. The minimum Gasteiger partial charge on any atom is -0.398 e. The number of hydrogen-bond acceptors (Lipinski definition) is 1. The molecule has 0 fully saturated rings. The van der Waals surface area contributed by atoms with Crippen LogP contribution in [0, 0.1) is 0 Å². The summed E-state index contributed by atoms with van der Waals surface area (Å²) in [6.07, 6.45) is 2.02. The lowest BCUT2D eigenvalue weighted by atomic mass is 9.99. The highest BCUT2D eigenvalue weighted by atomic mass is 14.6. The predicted molar refractivity (Wildman–Crippen MR) is 82.2 cm³/mol. The van der Waals surface area contributed by atoms with E-state index < -0.39 is 0 Å². The molecule has 2 N–H and O–H groups in total. The topological polar surface area (TPSA) is 26.0 Å². The summed E-state index contributed by atoms with van der Waals surface area (Å²) >= 11 is 0. The molecule has 19 heavy (non-hydrogen) atoms. The number of nitrogens with two attached hydrogens (primary N) is 1. The maximum Gasteiger partial charge on any atom is 0.0426 e. The fraction of sp³-hybridized carbons (Fsp3) is 0.111. The Morgan fingerprint density at radius 1 is 0.684 bits per heavy atom. The Bertz CT molecular complexity index is 686. The maximum absolute atomic E-state index is 6.28. The number of rotatable bonds is 3. The summed E-state index contributed by atoms with van der Waals surface area (Å²) in [4.78, 5) is 0. The highest BCUT2D eigenvalue weighted by Crippen LogP contribution is 2.25. The zero-order valence-corrected chi connectivity index (χ0v) is 10.8. The van der Waals surface area contributed by atoms with Crippen molar-refractivity contribution in [3.05, 3.63) is 77.9 Å². The van der Waals surface area contributed by atoms with Crippen molar-refractivity contribution in [3.8, 4) is 0 Å². The number of nitrogen functional groups attached to an aromatic ring is 1. The van der Waals surface area contributed by atoms with Crippen LogP contribution in [0.2, 0.25) is 0 Å². The molecule has 0 aliphatic heterocycles. The second-order valence-electron chi connectivity index (χ2n) is 4.85. The molecule has 1 nitrogen and oxygen atoms in total. The SMILES string of the molecule is Nc1c(CCc2ccccc2)ccc2ccccc12. The molecule has 1 heteroatoms. The monoisotopic (exact) mass is 247 g/mol. The van der Waals surface area contributed by atoms with Crippen LogP contribution >= 0.6 is 0 Å². The van der Waals surface area contributed by atoms with Crippen LogP contribution in [0.3, 0.4) is 0 Å². The smallest absolute Gasteiger partial charge is 0.0426 e. The first kappa shape index (κ1) is 11.8. The van der Waals surface area contributed by atoms with Gasteiger partial charge in [0, 0.05) is 11.1 Å². The van der Waals surface area contributed by atoms with E-state index >= 15 is 0 Å². The van der Waals surface area contributed by atoms with Crippen LogP contribution in [0.5, 0.6) is 0 Å². The van der Waals surface area contributed by atoms with Crippen molar-refractivity contribution >= 4 is 16.5 Å². The van der Waals surface area contributed by atoms with Crippen molar-refractivity contribution < 1.29 is 0 Å². The van der Waals surface area contributed by atoms with Gasteiger partial charge in [0.1, 0.15) is 0 Å². The standard InChI is InChI=1S/C18H17N/c19-18-16(11-10-14-6-2-1-3-7-14)13-12-15-8-4-5-9-17(15)18/h1-9,12-13H,10-11,19H2. The lowest BCUT2D eigenvalue weighted by molar-refractivity contribution is 0.965. The number of fused-ring (bicyclic) bond motifs is 1. The van der Waals surface area contributed by atoms with E-state index in [0.717, 1.165) is 23.9 Å². The molecule has 0 aliphatic carbocycles. The Hall–Kier alpha value is -2.28. The molecule has 3 rings (SSSR count). The lowest BCUT2D eigenvalue weighted by Gasteiger charge is -2.09. The summed E-state index contributed by atoms with van der Waals surface area (Å²) in [5.41, 5.74) is 9.80. The summed E-state index contributed by atoms with van der Waals surface area (Å²) < 4.78 is 0. The summed E-state index contributed by atoms with van der Waals surface area (Å²) in [6.45, 7) is 0. The molecule has 3 aromatic rings. The van der Waals surface area contributed by atoms with Gasteiger partial charge >= 0.3 is 0 Å². The number of anilines is 1. The molecule has 0 amide bonds. The van der Waals surface area contributed by atoms with Crippen LogP contribution in [0.1, 0.15) is 11.1 Å². The summed E-state index contributed by atoms with van der Waals surface area (Å²) in [6, 6.07) is 23.1. The van der Waals surface area contributed by atoms with Crippen LogP contribution < -0.4 is 5.73 Å². The molecular weight excluding hydrogens is 230 g/mol. The molecule has 0 atom stereocenters. The zero-order chi connectivity index (χ0) is 13.1. The molecule has 0 bridgehead atoms. The molecular formula is C18H17N. The zero-order valence-electron chi connectivity index (χ0n) is 10.8. The number of hydrogen-bond donors (Lipinski definition) is 1. The second-order valence-corrected chi connectivity index (χ2v) is 4.85. The molecule has 3 aromatic carbocycles. The first-order chi connectivity index (χ1) is 9.34. The van der Waals surface area contributed by atoms with E-state index in [4.69, 9.17) is 5.73 Å². The quantitative estimate of drug-likeness (QED) is 0.689. The van der Waals surface area contributed by atoms with Crippen molar-refractivity contribution in [2.24, 2.45) is 0 Å². The molecule has 0 spiro atoms. The molecule has 0 radical (unpaired) electrons. The minimum atomic E-state index is 0.925. The fourth-order valence-corrected chi connectivity index (χ4v) is 2.48. The number of benzene rings is 3. The summed E-state index contributed by atoms with van der Waals surface area (Å²) in [5, 5.41) is 2.37. The van der Waals surface area contributed by atoms with Crippen molar-refractivity contribution in [2.45, 2.75) is 12.8 Å². The van der Waals surface area contributed by atoms with Crippen molar-refractivity contribution in [2.75, 3.05) is 5.73 Å². The highest BCUT2D eigenvalue weighted by Gasteiger charge is 2.04. The molecule has 0 heterocycles. The van der Waals surface area contributed by atoms with E-state index in [2.05, 4.69) is 48.5 Å². The summed E-state index contributed by atoms with van der Waals surface area (Å²) in [5.74, 6) is 0. The number of aryl methyl sites for hydroxylation is 2. The van der Waals surface area contributed by atoms with Gasteiger partial charge in [-0.05, 0) is 29.4 Å². The van der Waals surface area contributed by atoms with Crippen molar-refractivity contribution in [1.29, 1.82) is 0 Å². The van der Waals surface area contributed by atoms with Gasteiger partial charge in [-0.1, -0.05) is 66.7 Å². The molecule has 0 aromatic heterocycles. The van der Waals surface area contributed by atoms with Gasteiger partial charge in [0.15, 0.2) is 0 Å². The lowest BCUT2D eigenvalue weighted by Crippen LogP contribution is -1.98. The predicted octanol–water partition coefficient (Wildman–Crippen LogP) is 4.21. The molecule has 0 saturated carbocycles. The van der Waals surface area contributed by atoms with Gasteiger partial charge < -0.3 is 5.73 Å². The van der Waals surface area contributed by atoms with Crippen LogP contribution in [0.15, 0.2) is 66.7 Å². The van der Waals surface area contributed by atoms with E-state index in [-0.39, 0.29) is 0 Å². The third-order valence-electron chi connectivity index (χ3n) is 3.59. The van der Waals surface area contributed by atoms with E-state index in [1.54, 1.807) is 0 Å².